The van der Waals surface area contributed by atoms with Crippen molar-refractivity contribution in [3.8, 4) is 0 Å². The Hall–Kier alpha value is -1.35. The summed E-state index contributed by atoms with van der Waals surface area (Å²) in [5.74, 6) is 0.887. The maximum absolute atomic E-state index is 11.9. The lowest BCUT2D eigenvalue weighted by atomic mass is 10.0. The van der Waals surface area contributed by atoms with E-state index in [0.717, 1.165) is 19.3 Å². The zero-order chi connectivity index (χ0) is 13.8. The van der Waals surface area contributed by atoms with Crippen LogP contribution in [0.3, 0.4) is 0 Å². The Morgan fingerprint density at radius 3 is 2.89 bits per heavy atom. The van der Waals surface area contributed by atoms with Crippen molar-refractivity contribution in [2.75, 3.05) is 6.54 Å². The van der Waals surface area contributed by atoms with Crippen molar-refractivity contribution >= 4 is 5.91 Å². The predicted octanol–water partition coefficient (Wildman–Crippen LogP) is 2.21. The number of hydrogen-bond donors (Lipinski definition) is 2. The third-order valence-corrected chi connectivity index (χ3v) is 3.84. The number of nitrogens with one attached hydrogen (secondary N) is 1. The molecule has 3 heteroatoms. The van der Waals surface area contributed by atoms with E-state index in [0.29, 0.717) is 18.4 Å². The lowest BCUT2D eigenvalue weighted by molar-refractivity contribution is -0.122. The number of benzene rings is 1. The van der Waals surface area contributed by atoms with Crippen LogP contribution in [-0.2, 0) is 11.2 Å². The molecule has 0 aliphatic heterocycles. The van der Waals surface area contributed by atoms with Gasteiger partial charge in [0.25, 0.3) is 0 Å². The van der Waals surface area contributed by atoms with E-state index in [-0.39, 0.29) is 11.9 Å². The van der Waals surface area contributed by atoms with E-state index in [2.05, 4.69) is 43.4 Å². The average Bonchev–Trinajstić information content (AvgIpc) is 2.78. The van der Waals surface area contributed by atoms with Crippen LogP contribution in [0.15, 0.2) is 24.3 Å². The van der Waals surface area contributed by atoms with E-state index in [4.69, 9.17) is 5.73 Å². The van der Waals surface area contributed by atoms with Crippen LogP contribution in [0, 0.1) is 5.92 Å². The molecule has 1 unspecified atom stereocenters. The van der Waals surface area contributed by atoms with E-state index in [1.807, 2.05) is 0 Å². The molecule has 19 heavy (non-hydrogen) atoms. The van der Waals surface area contributed by atoms with E-state index in [1.54, 1.807) is 0 Å². The fourth-order valence-corrected chi connectivity index (χ4v) is 2.83. The topological polar surface area (TPSA) is 55.1 Å². The molecule has 3 nitrogen and oxygen atoms in total. The second-order valence-electron chi connectivity index (χ2n) is 5.92. The first kappa shape index (κ1) is 14.1. The SMILES string of the molecule is CC(C)C[C@H](N)C(=O)NCC1CCc2ccccc21. The van der Waals surface area contributed by atoms with E-state index < -0.39 is 0 Å². The van der Waals surface area contributed by atoms with Gasteiger partial charge in [0.15, 0.2) is 0 Å². The fraction of sp³-hybridized carbons (Fsp3) is 0.562. The zero-order valence-corrected chi connectivity index (χ0v) is 11.9. The molecule has 0 bridgehead atoms. The Morgan fingerprint density at radius 2 is 2.16 bits per heavy atom. The van der Waals surface area contributed by atoms with E-state index >= 15 is 0 Å². The van der Waals surface area contributed by atoms with Gasteiger partial charge in [-0.2, -0.15) is 0 Å². The predicted molar refractivity (Wildman–Crippen MR) is 77.9 cm³/mol. The lowest BCUT2D eigenvalue weighted by Crippen LogP contribution is -2.42. The second-order valence-corrected chi connectivity index (χ2v) is 5.92. The molecule has 0 saturated carbocycles. The van der Waals surface area contributed by atoms with Crippen LogP contribution >= 0.6 is 0 Å². The van der Waals surface area contributed by atoms with Crippen LogP contribution in [0.5, 0.6) is 0 Å². The molecule has 2 rings (SSSR count). The summed E-state index contributed by atoms with van der Waals surface area (Å²) >= 11 is 0. The molecule has 2 atom stereocenters. The number of carbonyl (C=O) groups is 1. The van der Waals surface area contributed by atoms with Gasteiger partial charge in [-0.25, -0.2) is 0 Å². The van der Waals surface area contributed by atoms with Crippen LogP contribution in [0.4, 0.5) is 0 Å². The van der Waals surface area contributed by atoms with Crippen molar-refractivity contribution in [2.24, 2.45) is 11.7 Å². The molecule has 0 radical (unpaired) electrons. The van der Waals surface area contributed by atoms with Gasteiger partial charge in [-0.1, -0.05) is 38.1 Å². The maximum Gasteiger partial charge on any atom is 0.236 e. The van der Waals surface area contributed by atoms with E-state index in [1.165, 1.54) is 11.1 Å². The van der Waals surface area contributed by atoms with Gasteiger partial charge in [0.1, 0.15) is 0 Å². The molecule has 0 aromatic heterocycles. The molecule has 0 spiro atoms. The molecule has 1 aromatic rings. The number of amides is 1. The van der Waals surface area contributed by atoms with Gasteiger partial charge in [-0.3, -0.25) is 4.79 Å². The van der Waals surface area contributed by atoms with Crippen molar-refractivity contribution in [2.45, 2.75) is 45.1 Å². The number of aryl methyl sites for hydroxylation is 1. The van der Waals surface area contributed by atoms with Crippen LogP contribution < -0.4 is 11.1 Å². The Morgan fingerprint density at radius 1 is 1.42 bits per heavy atom. The number of fused-ring (bicyclic) bond motifs is 1. The fourth-order valence-electron chi connectivity index (χ4n) is 2.83. The highest BCUT2D eigenvalue weighted by atomic mass is 16.2. The first-order valence-corrected chi connectivity index (χ1v) is 7.19. The minimum Gasteiger partial charge on any atom is -0.354 e. The summed E-state index contributed by atoms with van der Waals surface area (Å²) < 4.78 is 0. The van der Waals surface area contributed by atoms with Crippen LogP contribution in [0.25, 0.3) is 0 Å². The monoisotopic (exact) mass is 260 g/mol. The third-order valence-electron chi connectivity index (χ3n) is 3.84. The molecule has 0 heterocycles. The van der Waals surface area contributed by atoms with Gasteiger partial charge in [-0.15, -0.1) is 0 Å². The number of rotatable bonds is 5. The van der Waals surface area contributed by atoms with Crippen molar-refractivity contribution in [3.63, 3.8) is 0 Å². The quantitative estimate of drug-likeness (QED) is 0.853. The largest absolute Gasteiger partial charge is 0.354 e. The van der Waals surface area contributed by atoms with Crippen molar-refractivity contribution in [3.05, 3.63) is 35.4 Å². The van der Waals surface area contributed by atoms with Gasteiger partial charge in [0.2, 0.25) is 5.91 Å². The molecule has 0 saturated heterocycles. The van der Waals surface area contributed by atoms with Gasteiger partial charge >= 0.3 is 0 Å². The highest BCUT2D eigenvalue weighted by Crippen LogP contribution is 2.32. The van der Waals surface area contributed by atoms with Crippen molar-refractivity contribution in [1.82, 2.24) is 5.32 Å². The Bertz CT molecular complexity index is 442. The number of nitrogens with two attached hydrogens (primary N) is 1. The highest BCUT2D eigenvalue weighted by Gasteiger charge is 2.23. The molecular formula is C16H24N2O. The summed E-state index contributed by atoms with van der Waals surface area (Å²) in [5.41, 5.74) is 8.70. The average molecular weight is 260 g/mol. The molecule has 1 aliphatic carbocycles. The van der Waals surface area contributed by atoms with Crippen LogP contribution in [0.2, 0.25) is 0 Å². The second kappa shape index (κ2) is 6.20. The summed E-state index contributed by atoms with van der Waals surface area (Å²) in [7, 11) is 0. The molecule has 1 aromatic carbocycles. The highest BCUT2D eigenvalue weighted by molar-refractivity contribution is 5.81. The van der Waals surface area contributed by atoms with Crippen LogP contribution in [0.1, 0.15) is 43.7 Å². The smallest absolute Gasteiger partial charge is 0.236 e. The van der Waals surface area contributed by atoms with Gasteiger partial charge in [0, 0.05) is 12.5 Å². The van der Waals surface area contributed by atoms with Gasteiger partial charge in [-0.05, 0) is 36.3 Å². The molecule has 0 fully saturated rings. The van der Waals surface area contributed by atoms with Crippen molar-refractivity contribution < 1.29 is 4.79 Å². The Labute approximate surface area is 115 Å². The van der Waals surface area contributed by atoms with Gasteiger partial charge < -0.3 is 11.1 Å². The maximum atomic E-state index is 11.9. The van der Waals surface area contributed by atoms with Crippen molar-refractivity contribution in [1.29, 1.82) is 0 Å². The molecular weight excluding hydrogens is 236 g/mol. The number of carbonyl (C=O) groups excluding carboxylic acids is 1. The normalized spacial score (nSPS) is 19.3. The first-order chi connectivity index (χ1) is 9.08. The number of hydrogen-bond acceptors (Lipinski definition) is 2. The Kier molecular flexibility index (Phi) is 4.59. The summed E-state index contributed by atoms with van der Waals surface area (Å²) in [6.45, 7) is 4.88. The van der Waals surface area contributed by atoms with E-state index in [9.17, 15) is 4.79 Å². The molecule has 1 aliphatic rings. The first-order valence-electron chi connectivity index (χ1n) is 7.19. The lowest BCUT2D eigenvalue weighted by Gasteiger charge is -2.17. The Balaban J connectivity index is 1.85. The summed E-state index contributed by atoms with van der Waals surface area (Å²) in [6.07, 6.45) is 2.99. The summed E-state index contributed by atoms with van der Waals surface area (Å²) in [4.78, 5) is 11.9. The molecule has 104 valence electrons. The molecule has 3 N–H and O–H groups in total. The minimum atomic E-state index is -0.378. The third kappa shape index (κ3) is 3.57. The standard InChI is InChI=1S/C16H24N2O/c1-11(2)9-15(17)16(19)18-10-13-8-7-12-5-3-4-6-14(12)13/h3-6,11,13,15H,7-10,17H2,1-2H3,(H,18,19)/t13?,15-/m0/s1. The summed E-state index contributed by atoms with van der Waals surface area (Å²) in [5, 5.41) is 3.01. The van der Waals surface area contributed by atoms with Gasteiger partial charge in [0.05, 0.1) is 6.04 Å². The minimum absolute atomic E-state index is 0.0157. The summed E-state index contributed by atoms with van der Waals surface area (Å²) in [6, 6.07) is 8.13. The van der Waals surface area contributed by atoms with Crippen LogP contribution in [-0.4, -0.2) is 18.5 Å². The zero-order valence-electron chi connectivity index (χ0n) is 11.9. The molecule has 1 amide bonds.